The van der Waals surface area contributed by atoms with Gasteiger partial charge in [-0.1, -0.05) is 26.7 Å². The van der Waals surface area contributed by atoms with E-state index in [4.69, 9.17) is 9.47 Å². The summed E-state index contributed by atoms with van der Waals surface area (Å²) >= 11 is 0.110. The second-order valence-corrected chi connectivity index (χ2v) is 9.21. The minimum absolute atomic E-state index is 0. The molecule has 0 aromatic carbocycles. The Balaban J connectivity index is 0.0000130. The topological polar surface area (TPSA) is 94.1 Å². The van der Waals surface area contributed by atoms with Crippen LogP contribution in [0.5, 0.6) is 0 Å². The first-order chi connectivity index (χ1) is 16.4. The molecule has 0 amide bonds. The molecule has 0 N–H and O–H groups in total. The molecule has 18 heteroatoms. The standard InChI is InChI=1S/C19H25F9O7S.Na/c1-3-5-7-14(4-2)11-33-12(29)10-15(14,36-35-34-31)13(30)32-9-6-8-16(20,21)17(22,23)18(24,25)19(26,27)28;/h31H,3-11H2,1-2H3;/q;+1/p-1. The summed E-state index contributed by atoms with van der Waals surface area (Å²) in [6.45, 7) is 1.97. The molecule has 0 saturated carbocycles. The first-order valence-corrected chi connectivity index (χ1v) is 11.3. The summed E-state index contributed by atoms with van der Waals surface area (Å²) < 4.78 is 129. The van der Waals surface area contributed by atoms with Crippen LogP contribution in [-0.4, -0.2) is 53.8 Å². The van der Waals surface area contributed by atoms with Crippen LogP contribution in [0.2, 0.25) is 0 Å². The average molecular weight is 590 g/mol. The predicted octanol–water partition coefficient (Wildman–Crippen LogP) is 1.93. The maximum absolute atomic E-state index is 13.7. The van der Waals surface area contributed by atoms with Gasteiger partial charge >= 0.3 is 65.4 Å². The van der Waals surface area contributed by atoms with E-state index in [1.807, 2.05) is 0 Å². The van der Waals surface area contributed by atoms with Crippen molar-refractivity contribution in [2.24, 2.45) is 5.41 Å². The number of cyclic esters (lactones) is 1. The Kier molecular flexibility index (Phi) is 13.6. The molecule has 0 aromatic rings. The number of esters is 2. The fraction of sp³-hybridized carbons (Fsp3) is 0.895. The van der Waals surface area contributed by atoms with Gasteiger partial charge in [0, 0.05) is 11.8 Å². The number of hydrogen-bond acceptors (Lipinski definition) is 8. The van der Waals surface area contributed by atoms with Crippen LogP contribution in [0.3, 0.4) is 0 Å². The quantitative estimate of drug-likeness (QED) is 0.0577. The smallest absolute Gasteiger partial charge is 0.691 e. The van der Waals surface area contributed by atoms with E-state index in [0.717, 1.165) is 0 Å². The van der Waals surface area contributed by atoms with E-state index >= 15 is 0 Å². The Hall–Kier alpha value is -0.460. The fourth-order valence-electron chi connectivity index (χ4n) is 3.78. The van der Waals surface area contributed by atoms with E-state index in [2.05, 4.69) is 9.37 Å². The van der Waals surface area contributed by atoms with Crippen molar-refractivity contribution in [3.63, 3.8) is 0 Å². The van der Waals surface area contributed by atoms with E-state index < -0.39 is 71.9 Å². The third-order valence-electron chi connectivity index (χ3n) is 6.06. The summed E-state index contributed by atoms with van der Waals surface area (Å²) in [4.78, 5) is 25.0. The fourth-order valence-corrected chi connectivity index (χ4v) is 4.71. The van der Waals surface area contributed by atoms with Gasteiger partial charge in [-0.15, -0.1) is 0 Å². The van der Waals surface area contributed by atoms with Crippen molar-refractivity contribution >= 4 is 24.0 Å². The molecule has 7 nitrogen and oxygen atoms in total. The summed E-state index contributed by atoms with van der Waals surface area (Å²) in [7, 11) is 0. The molecule has 0 bridgehead atoms. The molecule has 1 rings (SSSR count). The van der Waals surface area contributed by atoms with Crippen LogP contribution in [0.15, 0.2) is 0 Å². The molecule has 37 heavy (non-hydrogen) atoms. The van der Waals surface area contributed by atoms with Gasteiger partial charge in [0.05, 0.1) is 31.7 Å². The van der Waals surface area contributed by atoms with Crippen LogP contribution < -0.4 is 34.8 Å². The van der Waals surface area contributed by atoms with Crippen LogP contribution in [0.1, 0.15) is 58.8 Å². The normalized spacial score (nSPS) is 23.3. The summed E-state index contributed by atoms with van der Waals surface area (Å²) in [5, 5.41) is 13.7. The minimum Gasteiger partial charge on any atom is -0.691 e. The molecule has 2 atom stereocenters. The first kappa shape index (κ1) is 36.5. The average Bonchev–Trinajstić information content (AvgIpc) is 2.78. The molecule has 0 spiro atoms. The molecule has 1 fully saturated rings. The number of rotatable bonds is 14. The molecule has 0 aromatic heterocycles. The third kappa shape index (κ3) is 7.39. The van der Waals surface area contributed by atoms with Crippen molar-refractivity contribution in [3.05, 3.63) is 0 Å². The van der Waals surface area contributed by atoms with Crippen molar-refractivity contribution in [1.82, 2.24) is 0 Å². The number of alkyl halides is 9. The zero-order valence-corrected chi connectivity index (χ0v) is 22.8. The third-order valence-corrected chi connectivity index (χ3v) is 7.21. The maximum Gasteiger partial charge on any atom is 1.00 e. The monoisotopic (exact) mass is 590 g/mol. The molecule has 1 saturated heterocycles. The Bertz CT molecular complexity index is 773. The Morgan fingerprint density at radius 1 is 1.05 bits per heavy atom. The summed E-state index contributed by atoms with van der Waals surface area (Å²) in [5.74, 6) is -21.9. The van der Waals surface area contributed by atoms with Gasteiger partial charge in [0.25, 0.3) is 0 Å². The van der Waals surface area contributed by atoms with Crippen LogP contribution in [0, 0.1) is 5.41 Å². The summed E-state index contributed by atoms with van der Waals surface area (Å²) in [6.07, 6.45) is -9.61. The molecule has 2 unspecified atom stereocenters. The van der Waals surface area contributed by atoms with Crippen LogP contribution in [-0.2, 0) is 28.4 Å². The first-order valence-electron chi connectivity index (χ1n) is 10.6. The predicted molar refractivity (Wildman–Crippen MR) is 101 cm³/mol. The molecule has 212 valence electrons. The van der Waals surface area contributed by atoms with E-state index in [1.54, 1.807) is 13.8 Å². The summed E-state index contributed by atoms with van der Waals surface area (Å²) in [6, 6.07) is 0. The Morgan fingerprint density at radius 3 is 2.14 bits per heavy atom. The Morgan fingerprint density at radius 2 is 1.65 bits per heavy atom. The van der Waals surface area contributed by atoms with E-state index in [0.29, 0.717) is 12.8 Å². The van der Waals surface area contributed by atoms with E-state index in [-0.39, 0.29) is 61.0 Å². The van der Waals surface area contributed by atoms with E-state index in [1.165, 1.54) is 0 Å². The van der Waals surface area contributed by atoms with Gasteiger partial charge in [0.1, 0.15) is 0 Å². The number of halogens is 9. The van der Waals surface area contributed by atoms with Crippen molar-refractivity contribution in [3.8, 4) is 0 Å². The zero-order valence-electron chi connectivity index (χ0n) is 20.0. The van der Waals surface area contributed by atoms with E-state index in [9.17, 15) is 54.4 Å². The second-order valence-electron chi connectivity index (χ2n) is 8.21. The number of ether oxygens (including phenoxy) is 2. The zero-order chi connectivity index (χ0) is 28.1. The van der Waals surface area contributed by atoms with Gasteiger partial charge in [0.15, 0.2) is 4.75 Å². The molecule has 1 aliphatic heterocycles. The Labute approximate surface area is 232 Å². The molecule has 0 aliphatic carbocycles. The van der Waals surface area contributed by atoms with Crippen molar-refractivity contribution in [2.75, 3.05) is 13.2 Å². The van der Waals surface area contributed by atoms with Gasteiger partial charge in [0.2, 0.25) is 0 Å². The SMILES string of the molecule is CCCCC1(CC)COC(=O)CC1(SOO[O-])C(=O)OCCCC(F)(F)C(F)(F)C(F)(F)C(F)(F)F.[Na+]. The second kappa shape index (κ2) is 13.7. The number of unbranched alkanes of at least 4 members (excludes halogenated alkanes) is 1. The molecule has 1 aliphatic rings. The van der Waals surface area contributed by atoms with Crippen molar-refractivity contribution < 1.29 is 103 Å². The minimum atomic E-state index is -7.03. The largest absolute Gasteiger partial charge is 1.00 e. The number of hydrogen-bond donors (Lipinski definition) is 0. The van der Waals surface area contributed by atoms with Gasteiger partial charge in [-0.05, 0) is 19.3 Å². The van der Waals surface area contributed by atoms with Gasteiger partial charge in [-0.2, -0.15) is 43.8 Å². The van der Waals surface area contributed by atoms with Crippen LogP contribution in [0.25, 0.3) is 0 Å². The molecular weight excluding hydrogens is 566 g/mol. The van der Waals surface area contributed by atoms with Crippen LogP contribution >= 0.6 is 12.0 Å². The molecule has 1 heterocycles. The molecule has 0 radical (unpaired) electrons. The number of carbonyl (C=O) groups is 2. The van der Waals surface area contributed by atoms with Crippen molar-refractivity contribution in [1.29, 1.82) is 0 Å². The van der Waals surface area contributed by atoms with Gasteiger partial charge < -0.3 is 14.7 Å². The van der Waals surface area contributed by atoms with Crippen LogP contribution in [0.4, 0.5) is 39.5 Å². The maximum atomic E-state index is 13.7. The molecular formula is C19H24F9NaO7S. The number of carbonyl (C=O) groups excluding carboxylic acids is 2. The summed E-state index contributed by atoms with van der Waals surface area (Å²) in [5.41, 5.74) is -1.21. The van der Waals surface area contributed by atoms with Crippen molar-refractivity contribution in [2.45, 2.75) is 87.5 Å². The van der Waals surface area contributed by atoms with Gasteiger partial charge in [-0.3, -0.25) is 14.6 Å². The van der Waals surface area contributed by atoms with Gasteiger partial charge in [-0.25, -0.2) is 0 Å².